The number of aromatic amines is 1. The lowest BCUT2D eigenvalue weighted by Crippen LogP contribution is -2.29. The number of imide groups is 1. The summed E-state index contributed by atoms with van der Waals surface area (Å²) in [6.45, 7) is 1.75. The van der Waals surface area contributed by atoms with Gasteiger partial charge in [0, 0.05) is 53.8 Å². The number of aryl methyl sites for hydroxylation is 2. The zero-order valence-electron chi connectivity index (χ0n) is 18.3. The second-order valence-corrected chi connectivity index (χ2v) is 8.59. The molecule has 1 saturated heterocycles. The number of carbonyl (C=O) groups excluding carboxylic acids is 2. The van der Waals surface area contributed by atoms with Crippen molar-refractivity contribution in [1.29, 1.82) is 0 Å². The van der Waals surface area contributed by atoms with Crippen LogP contribution in [-0.2, 0) is 16.6 Å². The molecule has 0 radical (unpaired) electrons. The number of nitrogens with zero attached hydrogens (tertiary/aromatic N) is 2. The van der Waals surface area contributed by atoms with Crippen LogP contribution in [-0.4, -0.2) is 21.4 Å². The maximum absolute atomic E-state index is 14.6. The molecular weight excluding hydrogens is 461 g/mol. The number of H-pyrrole nitrogens is 1. The lowest BCUT2D eigenvalue weighted by Gasteiger charge is -2.20. The van der Waals surface area contributed by atoms with E-state index < -0.39 is 5.82 Å². The number of carbonyl (C=O) groups is 2. The Kier molecular flexibility index (Phi) is 5.25. The minimum Gasteiger partial charge on any atom is -0.454 e. The highest BCUT2D eigenvalue weighted by molar-refractivity contribution is 6.30. The summed E-state index contributed by atoms with van der Waals surface area (Å²) < 4.78 is 22.2. The Morgan fingerprint density at radius 3 is 2.44 bits per heavy atom. The topological polar surface area (TPSA) is 84.4 Å². The first-order chi connectivity index (χ1) is 16.2. The molecule has 1 N–H and O–H groups in total. The van der Waals surface area contributed by atoms with E-state index in [1.165, 1.54) is 23.2 Å². The molecule has 2 aromatic heterocycles. The van der Waals surface area contributed by atoms with Crippen LogP contribution in [0.25, 0.3) is 22.0 Å². The van der Waals surface area contributed by atoms with Crippen molar-refractivity contribution in [2.75, 3.05) is 4.90 Å². The van der Waals surface area contributed by atoms with Gasteiger partial charge in [0.15, 0.2) is 11.6 Å². The maximum Gasteiger partial charge on any atom is 0.272 e. The third kappa shape index (κ3) is 3.56. The first-order valence-corrected chi connectivity index (χ1v) is 10.9. The molecule has 0 bridgehead atoms. The molecule has 7 nitrogen and oxygen atoms in total. The van der Waals surface area contributed by atoms with E-state index in [0.717, 1.165) is 6.07 Å². The number of hydrogen-bond acceptors (Lipinski definition) is 4. The van der Waals surface area contributed by atoms with Crippen molar-refractivity contribution in [2.24, 2.45) is 7.05 Å². The largest absolute Gasteiger partial charge is 0.454 e. The van der Waals surface area contributed by atoms with Crippen molar-refractivity contribution < 1.29 is 18.7 Å². The van der Waals surface area contributed by atoms with Crippen LogP contribution in [0.3, 0.4) is 0 Å². The third-order valence-corrected chi connectivity index (χ3v) is 6.13. The van der Waals surface area contributed by atoms with Crippen molar-refractivity contribution in [1.82, 2.24) is 9.55 Å². The Morgan fingerprint density at radius 1 is 1.00 bits per heavy atom. The van der Waals surface area contributed by atoms with E-state index in [4.69, 9.17) is 16.3 Å². The van der Waals surface area contributed by atoms with E-state index in [0.29, 0.717) is 39.0 Å². The van der Waals surface area contributed by atoms with Crippen molar-refractivity contribution >= 4 is 40.0 Å². The number of anilines is 1. The molecule has 0 unspecified atom stereocenters. The van der Waals surface area contributed by atoms with Gasteiger partial charge in [0.25, 0.3) is 5.56 Å². The van der Waals surface area contributed by atoms with Crippen LogP contribution >= 0.6 is 11.6 Å². The number of pyridine rings is 1. The molecule has 4 aromatic rings. The number of fused-ring (bicyclic) bond motifs is 1. The standard InChI is InChI=1S/C25H19ClFN3O4/c1-13-9-21(34-20-4-3-14(26)10-18(20)27)16(11-19(13)30-22(31)5-6-23(30)32)17-12-29(2)24-15(17)7-8-28-25(24)33/h3-4,7-12H,5-6H2,1-2H3,(H,28,33). The van der Waals surface area contributed by atoms with Crippen molar-refractivity contribution in [3.8, 4) is 22.6 Å². The van der Waals surface area contributed by atoms with E-state index in [-0.39, 0.29) is 41.0 Å². The average Bonchev–Trinajstić information content (AvgIpc) is 3.30. The third-order valence-electron chi connectivity index (χ3n) is 5.89. The van der Waals surface area contributed by atoms with Gasteiger partial charge in [-0.15, -0.1) is 0 Å². The van der Waals surface area contributed by atoms with Gasteiger partial charge in [0.05, 0.1) is 5.69 Å². The lowest BCUT2D eigenvalue weighted by molar-refractivity contribution is -0.121. The van der Waals surface area contributed by atoms with Crippen LogP contribution in [0.1, 0.15) is 18.4 Å². The van der Waals surface area contributed by atoms with Gasteiger partial charge >= 0.3 is 0 Å². The number of amides is 2. The Balaban J connectivity index is 1.76. The zero-order valence-corrected chi connectivity index (χ0v) is 19.1. The highest BCUT2D eigenvalue weighted by atomic mass is 35.5. The quantitative estimate of drug-likeness (QED) is 0.414. The van der Waals surface area contributed by atoms with Crippen molar-refractivity contribution in [2.45, 2.75) is 19.8 Å². The van der Waals surface area contributed by atoms with Crippen LogP contribution in [0.4, 0.5) is 10.1 Å². The van der Waals surface area contributed by atoms with Crippen LogP contribution in [0.15, 0.2) is 53.6 Å². The van der Waals surface area contributed by atoms with Gasteiger partial charge < -0.3 is 14.3 Å². The number of halogens is 2. The van der Waals surface area contributed by atoms with E-state index in [1.54, 1.807) is 42.9 Å². The van der Waals surface area contributed by atoms with Crippen LogP contribution in [0, 0.1) is 12.7 Å². The summed E-state index contributed by atoms with van der Waals surface area (Å²) >= 11 is 5.88. The molecule has 5 rings (SSSR count). The lowest BCUT2D eigenvalue weighted by atomic mass is 10.0. The Morgan fingerprint density at radius 2 is 1.74 bits per heavy atom. The van der Waals surface area contributed by atoms with Crippen LogP contribution in [0.2, 0.25) is 5.02 Å². The number of hydrogen-bond donors (Lipinski definition) is 1. The summed E-state index contributed by atoms with van der Waals surface area (Å²) in [5.41, 5.74) is 2.33. The second kappa shape index (κ2) is 8.14. The number of rotatable bonds is 4. The van der Waals surface area contributed by atoms with Gasteiger partial charge in [-0.3, -0.25) is 19.3 Å². The normalized spacial score (nSPS) is 13.8. The van der Waals surface area contributed by atoms with E-state index in [1.807, 2.05) is 0 Å². The molecule has 3 heterocycles. The number of ether oxygens (including phenoxy) is 1. The molecule has 0 spiro atoms. The highest BCUT2D eigenvalue weighted by Crippen LogP contribution is 2.42. The second-order valence-electron chi connectivity index (χ2n) is 8.16. The fraction of sp³-hybridized carbons (Fsp3) is 0.160. The molecule has 0 aliphatic carbocycles. The minimum absolute atomic E-state index is 0.0378. The molecule has 172 valence electrons. The van der Waals surface area contributed by atoms with E-state index >= 15 is 0 Å². The molecule has 34 heavy (non-hydrogen) atoms. The molecule has 1 aliphatic heterocycles. The molecule has 1 fully saturated rings. The number of aromatic nitrogens is 2. The minimum atomic E-state index is -0.639. The smallest absolute Gasteiger partial charge is 0.272 e. The molecule has 0 atom stereocenters. The van der Waals surface area contributed by atoms with Gasteiger partial charge in [-0.05, 0) is 48.9 Å². The average molecular weight is 480 g/mol. The fourth-order valence-corrected chi connectivity index (χ4v) is 4.47. The van der Waals surface area contributed by atoms with Crippen LogP contribution in [0.5, 0.6) is 11.5 Å². The van der Waals surface area contributed by atoms with Gasteiger partial charge in [0.2, 0.25) is 11.8 Å². The zero-order chi connectivity index (χ0) is 24.1. The molecular formula is C25H19ClFN3O4. The molecule has 9 heteroatoms. The predicted molar refractivity (Wildman–Crippen MR) is 127 cm³/mol. The SMILES string of the molecule is Cc1cc(Oc2ccc(Cl)cc2F)c(-c2cn(C)c3c(=O)[nH]ccc23)cc1N1C(=O)CCC1=O. The summed E-state index contributed by atoms with van der Waals surface area (Å²) in [6.07, 6.45) is 3.58. The van der Waals surface area contributed by atoms with E-state index in [2.05, 4.69) is 4.98 Å². The molecule has 2 amide bonds. The monoisotopic (exact) mass is 479 g/mol. The van der Waals surface area contributed by atoms with Gasteiger partial charge in [-0.2, -0.15) is 0 Å². The number of nitrogens with one attached hydrogen (secondary N) is 1. The van der Waals surface area contributed by atoms with Gasteiger partial charge in [-0.25, -0.2) is 4.39 Å². The molecule has 2 aromatic carbocycles. The summed E-state index contributed by atoms with van der Waals surface area (Å²) in [6, 6.07) is 9.17. The van der Waals surface area contributed by atoms with Crippen LogP contribution < -0.4 is 15.2 Å². The summed E-state index contributed by atoms with van der Waals surface area (Å²) in [5.74, 6) is -0.949. The van der Waals surface area contributed by atoms with Crippen molar-refractivity contribution in [3.63, 3.8) is 0 Å². The Bertz CT molecular complexity index is 1540. The van der Waals surface area contributed by atoms with E-state index in [9.17, 15) is 18.8 Å². The fourth-order valence-electron chi connectivity index (χ4n) is 4.31. The Hall–Kier alpha value is -3.91. The van der Waals surface area contributed by atoms with Gasteiger partial charge in [-0.1, -0.05) is 11.6 Å². The predicted octanol–water partition coefficient (Wildman–Crippen LogP) is 5.08. The molecule has 1 aliphatic rings. The molecule has 0 saturated carbocycles. The highest BCUT2D eigenvalue weighted by Gasteiger charge is 2.32. The number of benzene rings is 2. The Labute approximate surface area is 198 Å². The summed E-state index contributed by atoms with van der Waals surface area (Å²) in [5, 5.41) is 0.873. The first kappa shape index (κ1) is 21.9. The maximum atomic E-state index is 14.6. The first-order valence-electron chi connectivity index (χ1n) is 10.5. The summed E-state index contributed by atoms with van der Waals surface area (Å²) in [4.78, 5) is 41.2. The van der Waals surface area contributed by atoms with Crippen molar-refractivity contribution in [3.05, 3.63) is 75.5 Å². The van der Waals surface area contributed by atoms with Gasteiger partial charge in [0.1, 0.15) is 11.3 Å². The summed E-state index contributed by atoms with van der Waals surface area (Å²) in [7, 11) is 1.74.